The van der Waals surface area contributed by atoms with Crippen LogP contribution in [0.4, 0.5) is 0 Å². The van der Waals surface area contributed by atoms with Crippen LogP contribution in [-0.2, 0) is 6.61 Å². The molecule has 0 bridgehead atoms. The molecule has 0 aliphatic carbocycles. The average molecular weight is 370 g/mol. The summed E-state index contributed by atoms with van der Waals surface area (Å²) in [5.41, 5.74) is 1.70. The van der Waals surface area contributed by atoms with Gasteiger partial charge in [-0.15, -0.1) is 0 Å². The number of Topliss-reactive ketones (excluding diaryl/α,β-unsaturated/α-hetero) is 2. The van der Waals surface area contributed by atoms with Crippen LogP contribution in [0.3, 0.4) is 0 Å². The molecule has 5 nitrogen and oxygen atoms in total. The molecule has 2 aromatic rings. The molecular formula is C22H26O5. The molecule has 1 aliphatic rings. The van der Waals surface area contributed by atoms with Crippen molar-refractivity contribution in [3.05, 3.63) is 59.2 Å². The Bertz CT molecular complexity index is 782. The van der Waals surface area contributed by atoms with Gasteiger partial charge in [-0.05, 0) is 30.2 Å². The van der Waals surface area contributed by atoms with Gasteiger partial charge in [0.25, 0.3) is 0 Å². The van der Waals surface area contributed by atoms with E-state index in [1.807, 2.05) is 13.8 Å². The highest BCUT2D eigenvalue weighted by Gasteiger charge is 2.16. The second kappa shape index (κ2) is 10.5. The van der Waals surface area contributed by atoms with Gasteiger partial charge in [0.15, 0.2) is 23.1 Å². The number of aliphatic hydroxyl groups is 1. The number of fused-ring (bicyclic) bond motifs is 1. The highest BCUT2D eigenvalue weighted by molar-refractivity contribution is 5.99. The summed E-state index contributed by atoms with van der Waals surface area (Å²) in [4.78, 5) is 24.6. The normalized spacial score (nSPS) is 12.0. The Morgan fingerprint density at radius 3 is 2.33 bits per heavy atom. The lowest BCUT2D eigenvalue weighted by molar-refractivity contribution is 0.0955. The van der Waals surface area contributed by atoms with E-state index in [-0.39, 0.29) is 31.0 Å². The number of benzene rings is 2. The van der Waals surface area contributed by atoms with Crippen molar-refractivity contribution in [2.45, 2.75) is 39.7 Å². The van der Waals surface area contributed by atoms with E-state index in [0.29, 0.717) is 47.8 Å². The molecule has 0 saturated heterocycles. The van der Waals surface area contributed by atoms with Crippen LogP contribution < -0.4 is 9.47 Å². The molecule has 1 heterocycles. The smallest absolute Gasteiger partial charge is 0.163 e. The van der Waals surface area contributed by atoms with Crippen LogP contribution in [0, 0.1) is 0 Å². The number of carbonyl (C=O) groups is 2. The second-order valence-electron chi connectivity index (χ2n) is 5.87. The third-order valence-corrected chi connectivity index (χ3v) is 4.16. The van der Waals surface area contributed by atoms with Crippen molar-refractivity contribution in [2.24, 2.45) is 0 Å². The van der Waals surface area contributed by atoms with Gasteiger partial charge in [-0.1, -0.05) is 38.1 Å². The fourth-order valence-corrected chi connectivity index (χ4v) is 2.84. The summed E-state index contributed by atoms with van der Waals surface area (Å²) in [5.74, 6) is 1.16. The van der Waals surface area contributed by atoms with Crippen LogP contribution in [0.1, 0.15) is 59.4 Å². The molecule has 1 N–H and O–H groups in total. The predicted molar refractivity (Wildman–Crippen MR) is 104 cm³/mol. The highest BCUT2D eigenvalue weighted by Crippen LogP contribution is 2.31. The number of hydrogen-bond acceptors (Lipinski definition) is 5. The van der Waals surface area contributed by atoms with E-state index in [1.54, 1.807) is 42.5 Å². The minimum absolute atomic E-state index is 0.0276. The van der Waals surface area contributed by atoms with Gasteiger partial charge in [0.2, 0.25) is 0 Å². The molecular weight excluding hydrogens is 344 g/mol. The standard InChI is InChI=1S/C20H20O5.C2H6/c21-13-15-4-1-2-5-16(15)18(23)7-3-6-17(22)14-8-9-19-20(12-14)25-11-10-24-19;1-2/h1-2,4-5,8-9,12,21H,3,6-7,10-11,13H2;1-2H3. The van der Waals surface area contributed by atoms with Gasteiger partial charge in [-0.3, -0.25) is 9.59 Å². The highest BCUT2D eigenvalue weighted by atomic mass is 16.6. The largest absolute Gasteiger partial charge is 0.486 e. The van der Waals surface area contributed by atoms with Gasteiger partial charge in [0, 0.05) is 24.0 Å². The molecule has 0 spiro atoms. The van der Waals surface area contributed by atoms with Gasteiger partial charge < -0.3 is 14.6 Å². The maximum atomic E-state index is 12.3. The minimum Gasteiger partial charge on any atom is -0.486 e. The molecule has 27 heavy (non-hydrogen) atoms. The molecule has 0 amide bonds. The fourth-order valence-electron chi connectivity index (χ4n) is 2.84. The van der Waals surface area contributed by atoms with Crippen LogP contribution in [0.25, 0.3) is 0 Å². The SMILES string of the molecule is CC.O=C(CCCC(=O)c1ccccc1CO)c1ccc2c(c1)OCCO2. The summed E-state index contributed by atoms with van der Waals surface area (Å²) in [6.07, 6.45) is 1.02. The zero-order valence-electron chi connectivity index (χ0n) is 15.9. The first kappa shape index (κ1) is 20.6. The van der Waals surface area contributed by atoms with Crippen LogP contribution >= 0.6 is 0 Å². The average Bonchev–Trinajstić information content (AvgIpc) is 2.74. The Balaban J connectivity index is 0.00000126. The lowest BCUT2D eigenvalue weighted by Crippen LogP contribution is -2.15. The van der Waals surface area contributed by atoms with Crippen molar-refractivity contribution in [2.75, 3.05) is 13.2 Å². The van der Waals surface area contributed by atoms with Crippen LogP contribution in [0.5, 0.6) is 11.5 Å². The van der Waals surface area contributed by atoms with Crippen molar-refractivity contribution in [1.29, 1.82) is 0 Å². The first-order valence-corrected chi connectivity index (χ1v) is 9.34. The summed E-state index contributed by atoms with van der Waals surface area (Å²) >= 11 is 0. The van der Waals surface area contributed by atoms with Crippen molar-refractivity contribution in [3.8, 4) is 11.5 Å². The minimum atomic E-state index is -0.169. The molecule has 0 fully saturated rings. The van der Waals surface area contributed by atoms with Gasteiger partial charge in [0.05, 0.1) is 6.61 Å². The number of rotatable bonds is 7. The molecule has 144 valence electrons. The van der Waals surface area contributed by atoms with Gasteiger partial charge in [-0.25, -0.2) is 0 Å². The number of ketones is 2. The Morgan fingerprint density at radius 2 is 1.59 bits per heavy atom. The first-order chi connectivity index (χ1) is 13.2. The summed E-state index contributed by atoms with van der Waals surface area (Å²) < 4.78 is 10.9. The van der Waals surface area contributed by atoms with E-state index in [4.69, 9.17) is 9.47 Å². The van der Waals surface area contributed by atoms with E-state index in [2.05, 4.69) is 0 Å². The Labute approximate surface area is 159 Å². The summed E-state index contributed by atoms with van der Waals surface area (Å²) in [6.45, 7) is 4.82. The molecule has 0 unspecified atom stereocenters. The molecule has 1 aliphatic heterocycles. The number of aliphatic hydroxyl groups excluding tert-OH is 1. The summed E-state index contributed by atoms with van der Waals surface area (Å²) in [5, 5.41) is 9.30. The van der Waals surface area contributed by atoms with E-state index < -0.39 is 0 Å². The summed E-state index contributed by atoms with van der Waals surface area (Å²) in [6, 6.07) is 12.1. The van der Waals surface area contributed by atoms with Crippen molar-refractivity contribution >= 4 is 11.6 Å². The molecule has 3 rings (SSSR count). The summed E-state index contributed by atoms with van der Waals surface area (Å²) in [7, 11) is 0. The second-order valence-corrected chi connectivity index (χ2v) is 5.87. The monoisotopic (exact) mass is 370 g/mol. The lowest BCUT2D eigenvalue weighted by Gasteiger charge is -2.18. The molecule has 0 radical (unpaired) electrons. The van der Waals surface area contributed by atoms with Crippen LogP contribution in [-0.4, -0.2) is 29.9 Å². The van der Waals surface area contributed by atoms with Gasteiger partial charge in [0.1, 0.15) is 13.2 Å². The molecule has 2 aromatic carbocycles. The quantitative estimate of drug-likeness (QED) is 0.739. The maximum absolute atomic E-state index is 12.3. The van der Waals surface area contributed by atoms with Crippen molar-refractivity contribution in [1.82, 2.24) is 0 Å². The van der Waals surface area contributed by atoms with E-state index in [0.717, 1.165) is 0 Å². The zero-order chi connectivity index (χ0) is 19.6. The topological polar surface area (TPSA) is 72.8 Å². The predicted octanol–water partition coefficient (Wildman–Crippen LogP) is 4.21. The number of carbonyl (C=O) groups excluding carboxylic acids is 2. The number of hydrogen-bond donors (Lipinski definition) is 1. The van der Waals surface area contributed by atoms with E-state index in [9.17, 15) is 14.7 Å². The maximum Gasteiger partial charge on any atom is 0.163 e. The van der Waals surface area contributed by atoms with Crippen molar-refractivity contribution < 1.29 is 24.2 Å². The van der Waals surface area contributed by atoms with Crippen LogP contribution in [0.15, 0.2) is 42.5 Å². The number of ether oxygens (including phenoxy) is 2. The van der Waals surface area contributed by atoms with E-state index in [1.165, 1.54) is 0 Å². The van der Waals surface area contributed by atoms with Gasteiger partial charge in [-0.2, -0.15) is 0 Å². The zero-order valence-corrected chi connectivity index (χ0v) is 15.9. The van der Waals surface area contributed by atoms with Crippen molar-refractivity contribution in [3.63, 3.8) is 0 Å². The first-order valence-electron chi connectivity index (χ1n) is 9.34. The third-order valence-electron chi connectivity index (χ3n) is 4.16. The van der Waals surface area contributed by atoms with Crippen LogP contribution in [0.2, 0.25) is 0 Å². The molecule has 0 saturated carbocycles. The molecule has 0 aromatic heterocycles. The van der Waals surface area contributed by atoms with Gasteiger partial charge >= 0.3 is 0 Å². The lowest BCUT2D eigenvalue weighted by atomic mass is 9.98. The molecule has 0 atom stereocenters. The third kappa shape index (κ3) is 5.41. The molecule has 5 heteroatoms. The Morgan fingerprint density at radius 1 is 0.926 bits per heavy atom. The Hall–Kier alpha value is -2.66. The fraction of sp³-hybridized carbons (Fsp3) is 0.364. The van der Waals surface area contributed by atoms with E-state index >= 15 is 0 Å². The Kier molecular flexibility index (Phi) is 8.01.